The fourth-order valence-corrected chi connectivity index (χ4v) is 2.61. The zero-order valence-corrected chi connectivity index (χ0v) is 13.2. The van der Waals surface area contributed by atoms with E-state index in [4.69, 9.17) is 4.74 Å². The van der Waals surface area contributed by atoms with Crippen LogP contribution in [0.5, 0.6) is 5.75 Å². The van der Waals surface area contributed by atoms with E-state index in [1.807, 2.05) is 0 Å². The Morgan fingerprint density at radius 1 is 1.25 bits per heavy atom. The van der Waals surface area contributed by atoms with E-state index in [9.17, 15) is 18.5 Å². The maximum atomic E-state index is 12.0. The molecule has 1 heterocycles. The lowest BCUT2D eigenvalue weighted by molar-refractivity contribution is -0.385. The highest BCUT2D eigenvalue weighted by Crippen LogP contribution is 2.16. The first-order valence-corrected chi connectivity index (χ1v) is 8.20. The van der Waals surface area contributed by atoms with Gasteiger partial charge in [-0.3, -0.25) is 15.1 Å². The number of aromatic nitrogens is 1. The number of nitrogens with zero attached hydrogens (tertiary/aromatic N) is 2. The number of nitrogens with one attached hydrogen (secondary N) is 1. The van der Waals surface area contributed by atoms with Crippen molar-refractivity contribution in [1.29, 1.82) is 0 Å². The van der Waals surface area contributed by atoms with Crippen LogP contribution in [-0.4, -0.2) is 31.5 Å². The molecule has 0 amide bonds. The molecule has 2 rings (SSSR count). The zero-order chi connectivity index (χ0) is 17.4. The third-order valence-electron chi connectivity index (χ3n) is 2.76. The molecule has 0 unspecified atom stereocenters. The van der Waals surface area contributed by atoms with Crippen LogP contribution in [0.3, 0.4) is 0 Å². The number of nitro groups is 1. The highest BCUT2D eigenvalue weighted by atomic mass is 32.2. The van der Waals surface area contributed by atoms with Crippen molar-refractivity contribution in [2.45, 2.75) is 4.90 Å². The van der Waals surface area contributed by atoms with E-state index in [0.29, 0.717) is 5.75 Å². The van der Waals surface area contributed by atoms with Crippen molar-refractivity contribution in [1.82, 2.24) is 9.71 Å². The number of hydrogen-bond donors (Lipinski definition) is 1. The molecule has 0 saturated carbocycles. The van der Waals surface area contributed by atoms with Gasteiger partial charge in [0.25, 0.3) is 5.69 Å². The van der Waals surface area contributed by atoms with Crippen LogP contribution in [0.2, 0.25) is 0 Å². The Morgan fingerprint density at radius 2 is 2.08 bits per heavy atom. The largest absolute Gasteiger partial charge is 0.479 e. The van der Waals surface area contributed by atoms with E-state index in [0.717, 1.165) is 6.07 Å². The third-order valence-corrected chi connectivity index (χ3v) is 4.16. The fourth-order valence-electron chi connectivity index (χ4n) is 1.64. The smallest absolute Gasteiger partial charge is 0.270 e. The standard InChI is InChI=1S/C15H13N3O5S/c19-18(20)13-5-3-7-15(11-13)24(21,22)17-9-1-2-10-23-14-6-4-8-16-12-14/h3-8,11-12,17H,9-10H2. The number of hydrogen-bond acceptors (Lipinski definition) is 6. The van der Waals surface area contributed by atoms with E-state index >= 15 is 0 Å². The van der Waals surface area contributed by atoms with Gasteiger partial charge >= 0.3 is 0 Å². The van der Waals surface area contributed by atoms with Crippen molar-refractivity contribution in [3.05, 3.63) is 58.9 Å². The number of ether oxygens (including phenoxy) is 1. The molecule has 1 N–H and O–H groups in total. The summed E-state index contributed by atoms with van der Waals surface area (Å²) in [5.41, 5.74) is -0.297. The Bertz CT molecular complexity index is 873. The van der Waals surface area contributed by atoms with Crippen LogP contribution >= 0.6 is 0 Å². The highest BCUT2D eigenvalue weighted by molar-refractivity contribution is 7.89. The average molecular weight is 347 g/mol. The first-order chi connectivity index (χ1) is 11.5. The minimum atomic E-state index is -3.86. The minimum Gasteiger partial charge on any atom is -0.479 e. The van der Waals surface area contributed by atoms with Gasteiger partial charge in [-0.2, -0.15) is 4.72 Å². The lowest BCUT2D eigenvalue weighted by Crippen LogP contribution is -2.24. The minimum absolute atomic E-state index is 0.0875. The predicted octanol–water partition coefficient (Wildman–Crippen LogP) is 1.35. The lowest BCUT2D eigenvalue weighted by atomic mass is 10.3. The topological polar surface area (TPSA) is 111 Å². The summed E-state index contributed by atoms with van der Waals surface area (Å²) in [4.78, 5) is 13.7. The second kappa shape index (κ2) is 8.05. The normalized spacial score (nSPS) is 10.5. The quantitative estimate of drug-likeness (QED) is 0.480. The van der Waals surface area contributed by atoms with E-state index in [1.54, 1.807) is 18.3 Å². The first-order valence-electron chi connectivity index (χ1n) is 6.72. The van der Waals surface area contributed by atoms with Gasteiger partial charge in [-0.05, 0) is 18.2 Å². The molecular formula is C15H13N3O5S. The van der Waals surface area contributed by atoms with Gasteiger partial charge in [-0.25, -0.2) is 8.42 Å². The molecule has 0 radical (unpaired) electrons. The van der Waals surface area contributed by atoms with Gasteiger partial charge in [0, 0.05) is 18.3 Å². The average Bonchev–Trinajstić information content (AvgIpc) is 2.59. The zero-order valence-electron chi connectivity index (χ0n) is 12.4. The number of benzene rings is 1. The van der Waals surface area contributed by atoms with E-state index in [-0.39, 0.29) is 23.7 Å². The van der Waals surface area contributed by atoms with Gasteiger partial charge in [-0.15, -0.1) is 0 Å². The molecule has 0 aliphatic carbocycles. The molecule has 9 heteroatoms. The molecule has 8 nitrogen and oxygen atoms in total. The molecule has 2 aromatic rings. The van der Waals surface area contributed by atoms with Crippen molar-refractivity contribution in [2.24, 2.45) is 0 Å². The van der Waals surface area contributed by atoms with Crippen molar-refractivity contribution < 1.29 is 18.1 Å². The van der Waals surface area contributed by atoms with Crippen LogP contribution in [0.25, 0.3) is 0 Å². The molecule has 0 aliphatic rings. The number of rotatable bonds is 6. The summed E-state index contributed by atoms with van der Waals surface area (Å²) in [5, 5.41) is 10.7. The highest BCUT2D eigenvalue weighted by Gasteiger charge is 2.16. The summed E-state index contributed by atoms with van der Waals surface area (Å²) >= 11 is 0. The van der Waals surface area contributed by atoms with Gasteiger partial charge in [0.05, 0.1) is 22.6 Å². The molecule has 0 spiro atoms. The van der Waals surface area contributed by atoms with Crippen LogP contribution in [-0.2, 0) is 10.0 Å². The molecule has 1 aromatic heterocycles. The molecule has 0 aliphatic heterocycles. The van der Waals surface area contributed by atoms with Crippen LogP contribution in [0, 0.1) is 22.0 Å². The molecule has 1 aromatic carbocycles. The second-order valence-corrected chi connectivity index (χ2v) is 6.18. The molecule has 24 heavy (non-hydrogen) atoms. The van der Waals surface area contributed by atoms with Crippen molar-refractivity contribution in [2.75, 3.05) is 13.2 Å². The van der Waals surface area contributed by atoms with E-state index in [2.05, 4.69) is 21.5 Å². The fraction of sp³-hybridized carbons (Fsp3) is 0.133. The summed E-state index contributed by atoms with van der Waals surface area (Å²) < 4.78 is 31.6. The summed E-state index contributed by atoms with van der Waals surface area (Å²) in [7, 11) is -3.86. The molecule has 0 atom stereocenters. The monoisotopic (exact) mass is 347 g/mol. The van der Waals surface area contributed by atoms with Crippen LogP contribution in [0.4, 0.5) is 5.69 Å². The van der Waals surface area contributed by atoms with Gasteiger partial charge in [-0.1, -0.05) is 17.9 Å². The van der Waals surface area contributed by atoms with Gasteiger partial charge in [0.2, 0.25) is 10.0 Å². The Morgan fingerprint density at radius 3 is 2.79 bits per heavy atom. The molecular weight excluding hydrogens is 334 g/mol. The number of non-ortho nitro benzene ring substituents is 1. The molecule has 0 bridgehead atoms. The number of nitro benzene ring substituents is 1. The Labute approximate surface area is 138 Å². The molecule has 124 valence electrons. The Hall–Kier alpha value is -2.96. The lowest BCUT2D eigenvalue weighted by Gasteiger charge is -2.03. The van der Waals surface area contributed by atoms with Gasteiger partial charge in [0.1, 0.15) is 12.4 Å². The Balaban J connectivity index is 1.88. The maximum Gasteiger partial charge on any atom is 0.270 e. The Kier molecular flexibility index (Phi) is 5.83. The van der Waals surface area contributed by atoms with Gasteiger partial charge in [0.15, 0.2) is 0 Å². The number of sulfonamides is 1. The number of pyridine rings is 1. The van der Waals surface area contributed by atoms with E-state index in [1.165, 1.54) is 24.4 Å². The SMILES string of the molecule is O=[N+]([O-])c1cccc(S(=O)(=O)NCC#CCOc2cccnc2)c1. The maximum absolute atomic E-state index is 12.0. The van der Waals surface area contributed by atoms with Crippen molar-refractivity contribution in [3.8, 4) is 17.6 Å². The van der Waals surface area contributed by atoms with E-state index < -0.39 is 14.9 Å². The second-order valence-electron chi connectivity index (χ2n) is 4.41. The summed E-state index contributed by atoms with van der Waals surface area (Å²) in [6.45, 7) is -0.0499. The summed E-state index contributed by atoms with van der Waals surface area (Å²) in [5.74, 6) is 5.81. The first kappa shape index (κ1) is 17.4. The molecule has 0 saturated heterocycles. The molecule has 0 fully saturated rings. The summed E-state index contributed by atoms with van der Waals surface area (Å²) in [6.07, 6.45) is 3.15. The van der Waals surface area contributed by atoms with Crippen LogP contribution in [0.15, 0.2) is 53.7 Å². The third kappa shape index (κ3) is 5.05. The van der Waals surface area contributed by atoms with Crippen LogP contribution < -0.4 is 9.46 Å². The van der Waals surface area contributed by atoms with Crippen molar-refractivity contribution in [3.63, 3.8) is 0 Å². The van der Waals surface area contributed by atoms with Crippen LogP contribution in [0.1, 0.15) is 0 Å². The van der Waals surface area contributed by atoms with Gasteiger partial charge < -0.3 is 4.74 Å². The predicted molar refractivity (Wildman–Crippen MR) is 85.8 cm³/mol. The van der Waals surface area contributed by atoms with Crippen molar-refractivity contribution >= 4 is 15.7 Å². The summed E-state index contributed by atoms with van der Waals surface area (Å²) in [6, 6.07) is 8.22.